The van der Waals surface area contributed by atoms with Crippen molar-refractivity contribution < 1.29 is 4.74 Å². The average Bonchev–Trinajstić information content (AvgIpc) is 2.37. The lowest BCUT2D eigenvalue weighted by Crippen LogP contribution is -2.18. The van der Waals surface area contributed by atoms with E-state index in [9.17, 15) is 4.79 Å². The van der Waals surface area contributed by atoms with Gasteiger partial charge >= 0.3 is 0 Å². The molecule has 2 rings (SSSR count). The molecule has 4 heteroatoms. The van der Waals surface area contributed by atoms with E-state index in [1.165, 1.54) is 0 Å². The highest BCUT2D eigenvalue weighted by molar-refractivity contribution is 5.56. The van der Waals surface area contributed by atoms with Crippen LogP contribution in [0.4, 0.5) is 0 Å². The van der Waals surface area contributed by atoms with Crippen molar-refractivity contribution in [2.24, 2.45) is 0 Å². The van der Waals surface area contributed by atoms with E-state index < -0.39 is 0 Å². The highest BCUT2D eigenvalue weighted by atomic mass is 16.5. The lowest BCUT2D eigenvalue weighted by atomic mass is 10.0. The molecule has 0 unspecified atom stereocenters. The van der Waals surface area contributed by atoms with Crippen LogP contribution in [-0.2, 0) is 0 Å². The summed E-state index contributed by atoms with van der Waals surface area (Å²) < 4.78 is 5.61. The molecule has 1 aromatic heterocycles. The average molecular weight is 286 g/mol. The quantitative estimate of drug-likeness (QED) is 0.933. The molecule has 0 spiro atoms. The Kier molecular flexibility index (Phi) is 4.46. The number of nitrogens with zero attached hydrogens (tertiary/aromatic N) is 1. The SMILES string of the molecule is Cc1nc(-c2ccc(OC(C)C)cc2)[nH]c(=O)c1C(C)C. The first kappa shape index (κ1) is 15.3. The van der Waals surface area contributed by atoms with Gasteiger partial charge in [-0.3, -0.25) is 4.79 Å². The molecular formula is C17H22N2O2. The molecule has 0 saturated heterocycles. The van der Waals surface area contributed by atoms with Crippen molar-refractivity contribution in [3.63, 3.8) is 0 Å². The Labute approximate surface area is 125 Å². The van der Waals surface area contributed by atoms with Crippen LogP contribution in [0.1, 0.15) is 44.9 Å². The fourth-order valence-corrected chi connectivity index (χ4v) is 2.38. The number of hydrogen-bond acceptors (Lipinski definition) is 3. The molecule has 1 N–H and O–H groups in total. The van der Waals surface area contributed by atoms with Crippen molar-refractivity contribution in [3.8, 4) is 17.1 Å². The van der Waals surface area contributed by atoms with Crippen LogP contribution in [0, 0.1) is 6.92 Å². The van der Waals surface area contributed by atoms with Gasteiger partial charge in [0.25, 0.3) is 5.56 Å². The summed E-state index contributed by atoms with van der Waals surface area (Å²) in [5.74, 6) is 1.57. The van der Waals surface area contributed by atoms with Crippen molar-refractivity contribution in [3.05, 3.63) is 45.9 Å². The number of hydrogen-bond donors (Lipinski definition) is 1. The van der Waals surface area contributed by atoms with Crippen LogP contribution >= 0.6 is 0 Å². The summed E-state index contributed by atoms with van der Waals surface area (Å²) in [5.41, 5.74) is 2.35. The Morgan fingerprint density at radius 1 is 1.10 bits per heavy atom. The van der Waals surface area contributed by atoms with Crippen molar-refractivity contribution in [2.75, 3.05) is 0 Å². The van der Waals surface area contributed by atoms with E-state index in [-0.39, 0.29) is 17.6 Å². The molecule has 112 valence electrons. The largest absolute Gasteiger partial charge is 0.491 e. The molecule has 0 aliphatic heterocycles. The third-order valence-corrected chi connectivity index (χ3v) is 3.22. The number of aromatic nitrogens is 2. The zero-order valence-electron chi connectivity index (χ0n) is 13.2. The van der Waals surface area contributed by atoms with Gasteiger partial charge in [0.1, 0.15) is 11.6 Å². The van der Waals surface area contributed by atoms with Crippen molar-refractivity contribution in [2.45, 2.75) is 46.6 Å². The molecule has 0 radical (unpaired) electrons. The van der Waals surface area contributed by atoms with E-state index in [0.29, 0.717) is 5.82 Å². The van der Waals surface area contributed by atoms with Gasteiger partial charge in [-0.1, -0.05) is 13.8 Å². The molecule has 2 aromatic rings. The molecule has 4 nitrogen and oxygen atoms in total. The van der Waals surface area contributed by atoms with Gasteiger partial charge in [-0.05, 0) is 51.0 Å². The second kappa shape index (κ2) is 6.12. The van der Waals surface area contributed by atoms with Crippen molar-refractivity contribution >= 4 is 0 Å². The van der Waals surface area contributed by atoms with E-state index in [1.807, 2.05) is 58.9 Å². The maximum atomic E-state index is 12.2. The first-order valence-corrected chi connectivity index (χ1v) is 7.26. The normalized spacial score (nSPS) is 11.2. The fourth-order valence-electron chi connectivity index (χ4n) is 2.38. The monoisotopic (exact) mass is 286 g/mol. The Morgan fingerprint density at radius 2 is 1.71 bits per heavy atom. The minimum Gasteiger partial charge on any atom is -0.491 e. The summed E-state index contributed by atoms with van der Waals surface area (Å²) in [6.45, 7) is 9.85. The predicted molar refractivity (Wildman–Crippen MR) is 84.9 cm³/mol. The van der Waals surface area contributed by atoms with Crippen molar-refractivity contribution in [1.29, 1.82) is 0 Å². The Bertz CT molecular complexity index is 670. The molecule has 1 aromatic carbocycles. The molecule has 0 amide bonds. The summed E-state index contributed by atoms with van der Waals surface area (Å²) in [4.78, 5) is 19.6. The molecular weight excluding hydrogens is 264 g/mol. The standard InChI is InChI=1S/C17H22N2O2/c1-10(2)15-12(5)18-16(19-17(15)20)13-6-8-14(9-7-13)21-11(3)4/h6-11H,1-5H3,(H,18,19,20). The van der Waals surface area contributed by atoms with Gasteiger partial charge in [-0.15, -0.1) is 0 Å². The maximum absolute atomic E-state index is 12.2. The van der Waals surface area contributed by atoms with Gasteiger partial charge in [-0.25, -0.2) is 4.98 Å². The first-order chi connectivity index (χ1) is 9.88. The van der Waals surface area contributed by atoms with Crippen LogP contribution in [0.25, 0.3) is 11.4 Å². The summed E-state index contributed by atoms with van der Waals surface area (Å²) in [6.07, 6.45) is 0.140. The number of benzene rings is 1. The molecule has 0 aliphatic rings. The number of aromatic amines is 1. The Hall–Kier alpha value is -2.10. The minimum atomic E-state index is -0.0602. The van der Waals surface area contributed by atoms with Gasteiger partial charge in [0, 0.05) is 16.8 Å². The highest BCUT2D eigenvalue weighted by Crippen LogP contribution is 2.21. The van der Waals surface area contributed by atoms with Gasteiger partial charge in [0.15, 0.2) is 0 Å². The molecule has 1 heterocycles. The zero-order valence-corrected chi connectivity index (χ0v) is 13.2. The summed E-state index contributed by atoms with van der Waals surface area (Å²) in [7, 11) is 0. The molecule has 0 saturated carbocycles. The number of aryl methyl sites for hydroxylation is 1. The summed E-state index contributed by atoms with van der Waals surface area (Å²) in [5, 5.41) is 0. The van der Waals surface area contributed by atoms with E-state index in [2.05, 4.69) is 9.97 Å². The first-order valence-electron chi connectivity index (χ1n) is 7.26. The topological polar surface area (TPSA) is 55.0 Å². The van der Waals surface area contributed by atoms with Crippen LogP contribution in [0.5, 0.6) is 5.75 Å². The second-order valence-corrected chi connectivity index (χ2v) is 5.76. The van der Waals surface area contributed by atoms with Gasteiger partial charge in [-0.2, -0.15) is 0 Å². The lowest BCUT2D eigenvalue weighted by Gasteiger charge is -2.11. The van der Waals surface area contributed by atoms with Gasteiger partial charge in [0.2, 0.25) is 0 Å². The lowest BCUT2D eigenvalue weighted by molar-refractivity contribution is 0.242. The molecule has 0 aliphatic carbocycles. The van der Waals surface area contributed by atoms with Gasteiger partial charge < -0.3 is 9.72 Å². The third kappa shape index (κ3) is 3.51. The molecule has 0 bridgehead atoms. The van der Waals surface area contributed by atoms with E-state index in [0.717, 1.165) is 22.6 Å². The number of ether oxygens (including phenoxy) is 1. The number of rotatable bonds is 4. The van der Waals surface area contributed by atoms with Crippen LogP contribution in [0.3, 0.4) is 0 Å². The molecule has 0 atom stereocenters. The number of H-pyrrole nitrogens is 1. The minimum absolute atomic E-state index is 0.0602. The Morgan fingerprint density at radius 3 is 2.19 bits per heavy atom. The van der Waals surface area contributed by atoms with Crippen LogP contribution in [0.2, 0.25) is 0 Å². The smallest absolute Gasteiger partial charge is 0.254 e. The molecule has 0 fully saturated rings. The molecule has 21 heavy (non-hydrogen) atoms. The summed E-state index contributed by atoms with van der Waals surface area (Å²) in [6, 6.07) is 7.59. The van der Waals surface area contributed by atoms with Gasteiger partial charge in [0.05, 0.1) is 6.10 Å². The van der Waals surface area contributed by atoms with Crippen LogP contribution in [-0.4, -0.2) is 16.1 Å². The second-order valence-electron chi connectivity index (χ2n) is 5.76. The highest BCUT2D eigenvalue weighted by Gasteiger charge is 2.12. The zero-order chi connectivity index (χ0) is 15.6. The van der Waals surface area contributed by atoms with Crippen LogP contribution < -0.4 is 10.3 Å². The summed E-state index contributed by atoms with van der Waals surface area (Å²) >= 11 is 0. The fraction of sp³-hybridized carbons (Fsp3) is 0.412. The van der Waals surface area contributed by atoms with E-state index >= 15 is 0 Å². The van der Waals surface area contributed by atoms with E-state index in [1.54, 1.807) is 0 Å². The maximum Gasteiger partial charge on any atom is 0.254 e. The van der Waals surface area contributed by atoms with Crippen LogP contribution in [0.15, 0.2) is 29.1 Å². The van der Waals surface area contributed by atoms with E-state index in [4.69, 9.17) is 4.74 Å². The third-order valence-electron chi connectivity index (χ3n) is 3.22. The Balaban J connectivity index is 2.37. The van der Waals surface area contributed by atoms with Crippen molar-refractivity contribution in [1.82, 2.24) is 9.97 Å². The number of nitrogens with one attached hydrogen (secondary N) is 1. The predicted octanol–water partition coefficient (Wildman–Crippen LogP) is 3.66.